The molecular formula is C12H27N3O. The van der Waals surface area contributed by atoms with Gasteiger partial charge in [-0.05, 0) is 19.5 Å². The average molecular weight is 229 g/mol. The summed E-state index contributed by atoms with van der Waals surface area (Å²) in [6.07, 6.45) is 1.60. The molecule has 0 amide bonds. The highest BCUT2D eigenvalue weighted by atomic mass is 16.5. The topological polar surface area (TPSA) is 41.7 Å². The number of likely N-dealkylation sites (tertiary alicyclic amines) is 1. The van der Waals surface area contributed by atoms with Crippen LogP contribution in [-0.4, -0.2) is 68.3 Å². The van der Waals surface area contributed by atoms with Gasteiger partial charge in [-0.3, -0.25) is 4.90 Å². The predicted molar refractivity (Wildman–Crippen MR) is 67.6 cm³/mol. The Balaban J connectivity index is 2.06. The fourth-order valence-corrected chi connectivity index (χ4v) is 2.21. The highest BCUT2D eigenvalue weighted by Crippen LogP contribution is 2.11. The Bertz CT molecular complexity index is 174. The number of rotatable bonds is 8. The summed E-state index contributed by atoms with van der Waals surface area (Å²) in [5.41, 5.74) is 5.54. The zero-order valence-electron chi connectivity index (χ0n) is 10.8. The van der Waals surface area contributed by atoms with Gasteiger partial charge >= 0.3 is 0 Å². The van der Waals surface area contributed by atoms with Gasteiger partial charge in [0, 0.05) is 32.7 Å². The van der Waals surface area contributed by atoms with Crippen LogP contribution in [0.4, 0.5) is 0 Å². The van der Waals surface area contributed by atoms with Crippen LogP contribution in [0.1, 0.15) is 20.3 Å². The highest BCUT2D eigenvalue weighted by molar-refractivity contribution is 4.76. The molecule has 0 aromatic rings. The summed E-state index contributed by atoms with van der Waals surface area (Å²) in [6.45, 7) is 12.5. The first kappa shape index (κ1) is 13.9. The molecule has 1 heterocycles. The van der Waals surface area contributed by atoms with Crippen molar-refractivity contribution < 1.29 is 4.74 Å². The van der Waals surface area contributed by atoms with Crippen LogP contribution < -0.4 is 5.73 Å². The molecule has 1 atom stereocenters. The zero-order valence-corrected chi connectivity index (χ0v) is 10.8. The molecule has 0 aromatic heterocycles. The van der Waals surface area contributed by atoms with Gasteiger partial charge in [0.2, 0.25) is 0 Å². The monoisotopic (exact) mass is 229 g/mol. The summed E-state index contributed by atoms with van der Waals surface area (Å²) in [5.74, 6) is 0. The van der Waals surface area contributed by atoms with E-state index in [-0.39, 0.29) is 0 Å². The number of nitrogens with zero attached hydrogens (tertiary/aromatic N) is 2. The zero-order chi connectivity index (χ0) is 11.8. The van der Waals surface area contributed by atoms with E-state index in [9.17, 15) is 0 Å². The van der Waals surface area contributed by atoms with Crippen LogP contribution in [0.15, 0.2) is 0 Å². The van der Waals surface area contributed by atoms with Crippen molar-refractivity contribution in [1.29, 1.82) is 0 Å². The summed E-state index contributed by atoms with van der Waals surface area (Å²) in [4.78, 5) is 4.79. The fourth-order valence-electron chi connectivity index (χ4n) is 2.21. The third kappa shape index (κ3) is 4.78. The molecule has 96 valence electrons. The van der Waals surface area contributed by atoms with Gasteiger partial charge in [-0.25, -0.2) is 0 Å². The van der Waals surface area contributed by atoms with Crippen LogP contribution in [-0.2, 0) is 4.74 Å². The van der Waals surface area contributed by atoms with Crippen molar-refractivity contribution in [2.45, 2.75) is 26.4 Å². The van der Waals surface area contributed by atoms with E-state index >= 15 is 0 Å². The minimum Gasteiger partial charge on any atom is -0.376 e. The quantitative estimate of drug-likeness (QED) is 0.653. The standard InChI is InChI=1S/C12H27N3O/c1-3-14(4-2)9-10-16-12-5-7-15(11-12)8-6-13/h12H,3-11,13H2,1-2H3. The molecule has 1 aliphatic heterocycles. The van der Waals surface area contributed by atoms with Gasteiger partial charge in [0.05, 0.1) is 12.7 Å². The Kier molecular flexibility index (Phi) is 6.96. The number of ether oxygens (including phenoxy) is 1. The van der Waals surface area contributed by atoms with E-state index in [2.05, 4.69) is 23.6 Å². The Morgan fingerprint density at radius 3 is 2.75 bits per heavy atom. The second kappa shape index (κ2) is 8.01. The fraction of sp³-hybridized carbons (Fsp3) is 1.00. The maximum atomic E-state index is 5.89. The first-order valence-corrected chi connectivity index (χ1v) is 6.56. The van der Waals surface area contributed by atoms with Crippen LogP contribution in [0.3, 0.4) is 0 Å². The first-order chi connectivity index (χ1) is 7.80. The van der Waals surface area contributed by atoms with Crippen molar-refractivity contribution in [1.82, 2.24) is 9.80 Å². The maximum Gasteiger partial charge on any atom is 0.0714 e. The molecule has 0 bridgehead atoms. The summed E-state index contributed by atoms with van der Waals surface area (Å²) >= 11 is 0. The van der Waals surface area contributed by atoms with Crippen molar-refractivity contribution in [3.05, 3.63) is 0 Å². The van der Waals surface area contributed by atoms with Gasteiger partial charge in [0.1, 0.15) is 0 Å². The number of hydrogen-bond acceptors (Lipinski definition) is 4. The van der Waals surface area contributed by atoms with Crippen LogP contribution in [0.2, 0.25) is 0 Å². The second-order valence-electron chi connectivity index (χ2n) is 4.40. The molecule has 2 N–H and O–H groups in total. The molecule has 16 heavy (non-hydrogen) atoms. The molecule has 0 spiro atoms. The molecule has 4 nitrogen and oxygen atoms in total. The number of nitrogens with two attached hydrogens (primary N) is 1. The molecule has 0 aromatic carbocycles. The molecule has 1 saturated heterocycles. The van der Waals surface area contributed by atoms with Crippen molar-refractivity contribution in [3.8, 4) is 0 Å². The van der Waals surface area contributed by atoms with E-state index in [0.29, 0.717) is 6.10 Å². The second-order valence-corrected chi connectivity index (χ2v) is 4.40. The molecule has 4 heteroatoms. The molecule has 1 unspecified atom stereocenters. The largest absolute Gasteiger partial charge is 0.376 e. The summed E-state index contributed by atoms with van der Waals surface area (Å²) in [5, 5.41) is 0. The van der Waals surface area contributed by atoms with Gasteiger partial charge in [0.15, 0.2) is 0 Å². The van der Waals surface area contributed by atoms with Crippen LogP contribution >= 0.6 is 0 Å². The lowest BCUT2D eigenvalue weighted by atomic mass is 10.3. The number of likely N-dealkylation sites (N-methyl/N-ethyl adjacent to an activating group) is 1. The lowest BCUT2D eigenvalue weighted by Crippen LogP contribution is -2.31. The smallest absolute Gasteiger partial charge is 0.0714 e. The molecule has 0 aliphatic carbocycles. The minimum absolute atomic E-state index is 0.433. The van der Waals surface area contributed by atoms with Crippen LogP contribution in [0.25, 0.3) is 0 Å². The Morgan fingerprint density at radius 1 is 1.38 bits per heavy atom. The van der Waals surface area contributed by atoms with E-state index in [0.717, 1.165) is 58.8 Å². The Labute approximate surface area is 99.7 Å². The van der Waals surface area contributed by atoms with E-state index in [1.54, 1.807) is 0 Å². The first-order valence-electron chi connectivity index (χ1n) is 6.56. The average Bonchev–Trinajstić information content (AvgIpc) is 2.73. The van der Waals surface area contributed by atoms with Crippen molar-refractivity contribution in [3.63, 3.8) is 0 Å². The number of hydrogen-bond donors (Lipinski definition) is 1. The third-order valence-corrected chi connectivity index (χ3v) is 3.33. The molecule has 1 aliphatic rings. The van der Waals surface area contributed by atoms with E-state index in [1.165, 1.54) is 0 Å². The summed E-state index contributed by atoms with van der Waals surface area (Å²) < 4.78 is 5.89. The van der Waals surface area contributed by atoms with Gasteiger partial charge in [-0.2, -0.15) is 0 Å². The lowest BCUT2D eigenvalue weighted by molar-refractivity contribution is 0.0446. The molecular weight excluding hydrogens is 202 g/mol. The van der Waals surface area contributed by atoms with Crippen molar-refractivity contribution in [2.75, 3.05) is 52.4 Å². The third-order valence-electron chi connectivity index (χ3n) is 3.33. The minimum atomic E-state index is 0.433. The SMILES string of the molecule is CCN(CC)CCOC1CCN(CCN)C1. The van der Waals surface area contributed by atoms with Crippen molar-refractivity contribution >= 4 is 0 Å². The predicted octanol–water partition coefficient (Wildman–Crippen LogP) is 0.378. The highest BCUT2D eigenvalue weighted by Gasteiger charge is 2.21. The molecule has 1 fully saturated rings. The Morgan fingerprint density at radius 2 is 2.12 bits per heavy atom. The molecule has 1 rings (SSSR count). The van der Waals surface area contributed by atoms with Gasteiger partial charge < -0.3 is 15.4 Å². The van der Waals surface area contributed by atoms with E-state index in [4.69, 9.17) is 10.5 Å². The molecule has 0 radical (unpaired) electrons. The normalized spacial score (nSPS) is 22.1. The van der Waals surface area contributed by atoms with Crippen LogP contribution in [0, 0.1) is 0 Å². The van der Waals surface area contributed by atoms with Crippen molar-refractivity contribution in [2.24, 2.45) is 5.73 Å². The van der Waals surface area contributed by atoms with Gasteiger partial charge in [-0.15, -0.1) is 0 Å². The van der Waals surface area contributed by atoms with Gasteiger partial charge in [0.25, 0.3) is 0 Å². The van der Waals surface area contributed by atoms with E-state index in [1.807, 2.05) is 0 Å². The lowest BCUT2D eigenvalue weighted by Gasteiger charge is -2.20. The molecule has 0 saturated carbocycles. The van der Waals surface area contributed by atoms with Gasteiger partial charge in [-0.1, -0.05) is 13.8 Å². The van der Waals surface area contributed by atoms with Crippen LogP contribution in [0.5, 0.6) is 0 Å². The van der Waals surface area contributed by atoms with E-state index < -0.39 is 0 Å². The Hall–Kier alpha value is -0.160. The summed E-state index contributed by atoms with van der Waals surface area (Å²) in [6, 6.07) is 0. The maximum absolute atomic E-state index is 5.89. The summed E-state index contributed by atoms with van der Waals surface area (Å²) in [7, 11) is 0.